The maximum Gasteiger partial charge on any atom is 0.240 e. The number of β-amino-alcohol motifs (C(OH)–C–C–N with tert-alkyl or cyclic N) is 1. The predicted molar refractivity (Wildman–Crippen MR) is 168 cm³/mol. The minimum absolute atomic E-state index is 0.00714. The lowest BCUT2D eigenvalue weighted by molar-refractivity contribution is -0.137. The maximum absolute atomic E-state index is 14.0. The van der Waals surface area contributed by atoms with Crippen LogP contribution in [0.3, 0.4) is 0 Å². The first-order chi connectivity index (χ1) is 20.2. The summed E-state index contributed by atoms with van der Waals surface area (Å²) in [7, 11) is 1.59. The average molecular weight is 567 g/mol. The average Bonchev–Trinajstić information content (AvgIpc) is 3.01. The second-order valence-corrected chi connectivity index (χ2v) is 11.2. The lowest BCUT2D eigenvalue weighted by Gasteiger charge is -2.52. The molecule has 4 aromatic rings. The Labute approximate surface area is 249 Å². The Bertz CT molecular complexity index is 1310. The summed E-state index contributed by atoms with van der Waals surface area (Å²) in [6.07, 6.45) is -0.948. The molecule has 2 N–H and O–H groups in total. The Morgan fingerprint density at radius 3 is 1.62 bits per heavy atom. The van der Waals surface area contributed by atoms with Crippen LogP contribution in [0.25, 0.3) is 0 Å². The van der Waals surface area contributed by atoms with Gasteiger partial charge in [-0.3, -0.25) is 9.69 Å². The number of hydrogen-bond donors (Lipinski definition) is 2. The zero-order valence-electron chi connectivity index (χ0n) is 25.2. The number of carbonyl (C=O) groups is 1. The van der Waals surface area contributed by atoms with Crippen molar-refractivity contribution in [3.05, 3.63) is 132 Å². The molecule has 0 aliphatic rings. The molecule has 0 radical (unpaired) electrons. The van der Waals surface area contributed by atoms with Crippen molar-refractivity contribution < 1.29 is 19.4 Å². The smallest absolute Gasteiger partial charge is 0.240 e. The van der Waals surface area contributed by atoms with Gasteiger partial charge in [0, 0.05) is 12.6 Å². The zero-order chi connectivity index (χ0) is 30.2. The van der Waals surface area contributed by atoms with Gasteiger partial charge in [0.2, 0.25) is 5.91 Å². The first kappa shape index (κ1) is 30.8. The first-order valence-corrected chi connectivity index (χ1v) is 14.4. The van der Waals surface area contributed by atoms with E-state index in [1.807, 2.05) is 107 Å². The van der Waals surface area contributed by atoms with Gasteiger partial charge < -0.3 is 19.9 Å². The van der Waals surface area contributed by atoms with Gasteiger partial charge in [0.25, 0.3) is 0 Å². The van der Waals surface area contributed by atoms with Gasteiger partial charge in [-0.15, -0.1) is 0 Å². The van der Waals surface area contributed by atoms with E-state index >= 15 is 0 Å². The van der Waals surface area contributed by atoms with Crippen LogP contribution in [-0.2, 0) is 10.3 Å². The molecule has 0 spiro atoms. The van der Waals surface area contributed by atoms with Crippen molar-refractivity contribution in [2.45, 2.75) is 50.9 Å². The number of para-hydroxylation sites is 2. The molecule has 0 aromatic heterocycles. The highest BCUT2D eigenvalue weighted by Crippen LogP contribution is 2.46. The van der Waals surface area contributed by atoms with Crippen LogP contribution in [0.2, 0.25) is 0 Å². The van der Waals surface area contributed by atoms with Crippen molar-refractivity contribution in [2.75, 3.05) is 20.3 Å². The molecule has 1 atom stereocenters. The topological polar surface area (TPSA) is 71.0 Å². The van der Waals surface area contributed by atoms with E-state index in [1.165, 1.54) is 0 Å². The van der Waals surface area contributed by atoms with Gasteiger partial charge >= 0.3 is 0 Å². The number of rotatable bonds is 13. The summed E-state index contributed by atoms with van der Waals surface area (Å²) >= 11 is 0. The SMILES string of the molecule is COc1ccccc1OCC(O)CN(C(C)(C)C(=O)NC(C)C)C(c1ccccc1)(c1ccccc1)c1ccccc1. The summed E-state index contributed by atoms with van der Waals surface area (Å²) in [6.45, 7) is 7.88. The molecule has 1 unspecified atom stereocenters. The molecule has 0 saturated heterocycles. The standard InChI is InChI=1S/C36H42N2O4/c1-27(2)37-34(40)35(3,4)38(25-31(39)26-42-33-24-16-15-23-32(33)41-5)36(28-17-9-6-10-18-28,29-19-11-7-12-20-29)30-21-13-8-14-22-30/h6-24,27,31,39H,25-26H2,1-5H3,(H,37,40). The fraction of sp³-hybridized carbons (Fsp3) is 0.306. The van der Waals surface area contributed by atoms with Crippen LogP contribution >= 0.6 is 0 Å². The van der Waals surface area contributed by atoms with Gasteiger partial charge in [0.1, 0.15) is 12.7 Å². The number of hydrogen-bond acceptors (Lipinski definition) is 5. The van der Waals surface area contributed by atoms with Gasteiger partial charge in [0.05, 0.1) is 18.2 Å². The van der Waals surface area contributed by atoms with Crippen molar-refractivity contribution in [3.8, 4) is 11.5 Å². The van der Waals surface area contributed by atoms with Gasteiger partial charge in [0.15, 0.2) is 11.5 Å². The maximum atomic E-state index is 14.0. The van der Waals surface area contributed by atoms with E-state index in [4.69, 9.17) is 9.47 Å². The van der Waals surface area contributed by atoms with Gasteiger partial charge in [-0.05, 0) is 56.5 Å². The van der Waals surface area contributed by atoms with Crippen molar-refractivity contribution in [1.29, 1.82) is 0 Å². The monoisotopic (exact) mass is 566 g/mol. The molecule has 0 fully saturated rings. The molecule has 6 heteroatoms. The number of aliphatic hydroxyl groups is 1. The van der Waals surface area contributed by atoms with Crippen molar-refractivity contribution >= 4 is 5.91 Å². The molecule has 0 saturated carbocycles. The minimum atomic E-state index is -1.07. The molecule has 1 amide bonds. The van der Waals surface area contributed by atoms with Crippen LogP contribution in [0.15, 0.2) is 115 Å². The number of aliphatic hydroxyl groups excluding tert-OH is 1. The van der Waals surface area contributed by atoms with Crippen LogP contribution in [0.1, 0.15) is 44.4 Å². The zero-order valence-corrected chi connectivity index (χ0v) is 25.2. The molecule has 0 aliphatic heterocycles. The third-order valence-corrected chi connectivity index (χ3v) is 7.52. The van der Waals surface area contributed by atoms with Gasteiger partial charge in [-0.2, -0.15) is 0 Å². The molecular formula is C36H42N2O4. The Hall–Kier alpha value is -4.13. The van der Waals surface area contributed by atoms with Crippen LogP contribution in [0.4, 0.5) is 0 Å². The molecule has 0 aliphatic carbocycles. The van der Waals surface area contributed by atoms with E-state index in [0.717, 1.165) is 16.7 Å². The van der Waals surface area contributed by atoms with E-state index < -0.39 is 17.2 Å². The number of nitrogens with one attached hydrogen (secondary N) is 1. The third kappa shape index (κ3) is 6.51. The largest absolute Gasteiger partial charge is 0.493 e. The van der Waals surface area contributed by atoms with Gasteiger partial charge in [-0.25, -0.2) is 0 Å². The molecule has 42 heavy (non-hydrogen) atoms. The quantitative estimate of drug-likeness (QED) is 0.193. The normalized spacial score (nSPS) is 12.7. The summed E-state index contributed by atoms with van der Waals surface area (Å²) in [5.74, 6) is 0.996. The van der Waals surface area contributed by atoms with Crippen molar-refractivity contribution in [3.63, 3.8) is 0 Å². The molecule has 4 rings (SSSR count). The molecule has 4 aromatic carbocycles. The summed E-state index contributed by atoms with van der Waals surface area (Å²) in [5.41, 5.74) is 0.923. The highest BCUT2D eigenvalue weighted by molar-refractivity contribution is 5.86. The molecule has 0 heterocycles. The molecule has 0 bridgehead atoms. The number of carbonyl (C=O) groups excluding carboxylic acids is 1. The Morgan fingerprint density at radius 1 is 0.762 bits per heavy atom. The van der Waals surface area contributed by atoms with E-state index in [9.17, 15) is 9.90 Å². The van der Waals surface area contributed by atoms with E-state index in [1.54, 1.807) is 7.11 Å². The lowest BCUT2D eigenvalue weighted by Crippen LogP contribution is -2.65. The lowest BCUT2D eigenvalue weighted by atomic mass is 9.73. The minimum Gasteiger partial charge on any atom is -0.493 e. The van der Waals surface area contributed by atoms with Crippen LogP contribution in [0, 0.1) is 0 Å². The van der Waals surface area contributed by atoms with Crippen molar-refractivity contribution in [2.24, 2.45) is 0 Å². The molecule has 6 nitrogen and oxygen atoms in total. The fourth-order valence-corrected chi connectivity index (χ4v) is 5.54. The third-order valence-electron chi connectivity index (χ3n) is 7.52. The summed E-state index contributed by atoms with van der Waals surface area (Å²) < 4.78 is 11.5. The number of benzene rings is 4. The van der Waals surface area contributed by atoms with E-state index in [0.29, 0.717) is 11.5 Å². The van der Waals surface area contributed by atoms with Crippen LogP contribution in [-0.4, -0.2) is 53.9 Å². The summed E-state index contributed by atoms with van der Waals surface area (Å²) in [4.78, 5) is 16.1. The Morgan fingerprint density at radius 2 is 1.19 bits per heavy atom. The number of nitrogens with zero attached hydrogens (tertiary/aromatic N) is 1. The first-order valence-electron chi connectivity index (χ1n) is 14.4. The Balaban J connectivity index is 1.91. The second kappa shape index (κ2) is 13.7. The molecular weight excluding hydrogens is 524 g/mol. The number of ether oxygens (including phenoxy) is 2. The van der Waals surface area contributed by atoms with Crippen LogP contribution in [0.5, 0.6) is 11.5 Å². The second-order valence-electron chi connectivity index (χ2n) is 11.2. The van der Waals surface area contributed by atoms with E-state index in [-0.39, 0.29) is 25.1 Å². The Kier molecular flexibility index (Phi) is 10.0. The number of amides is 1. The van der Waals surface area contributed by atoms with Crippen LogP contribution < -0.4 is 14.8 Å². The fourth-order valence-electron chi connectivity index (χ4n) is 5.54. The number of methoxy groups -OCH3 is 1. The highest BCUT2D eigenvalue weighted by Gasteiger charge is 2.51. The highest BCUT2D eigenvalue weighted by atomic mass is 16.5. The van der Waals surface area contributed by atoms with Gasteiger partial charge in [-0.1, -0.05) is 103 Å². The predicted octanol–water partition coefficient (Wildman–Crippen LogP) is 6.03. The van der Waals surface area contributed by atoms with Crippen molar-refractivity contribution in [1.82, 2.24) is 10.2 Å². The summed E-state index contributed by atoms with van der Waals surface area (Å²) in [5, 5.41) is 14.8. The summed E-state index contributed by atoms with van der Waals surface area (Å²) in [6, 6.07) is 37.8. The molecule has 220 valence electrons. The van der Waals surface area contributed by atoms with E-state index in [2.05, 4.69) is 46.6 Å².